The molecule has 1 amide bonds. The molecular weight excluding hydrogens is 345 g/mol. The number of halogens is 1. The molecule has 3 aromatic rings. The fraction of sp³-hybridized carbons (Fsp3) is 0.238. The van der Waals surface area contributed by atoms with Gasteiger partial charge in [0.25, 0.3) is 5.91 Å². The van der Waals surface area contributed by atoms with Crippen LogP contribution in [0.4, 0.5) is 4.39 Å². The van der Waals surface area contributed by atoms with Crippen LogP contribution in [0.25, 0.3) is 0 Å². The lowest BCUT2D eigenvalue weighted by atomic mass is 10.1. The highest BCUT2D eigenvalue weighted by Crippen LogP contribution is 2.23. The van der Waals surface area contributed by atoms with Crippen LogP contribution in [-0.2, 0) is 11.8 Å². The van der Waals surface area contributed by atoms with Crippen LogP contribution in [0, 0.1) is 19.7 Å². The van der Waals surface area contributed by atoms with Crippen molar-refractivity contribution < 1.29 is 13.9 Å². The van der Waals surface area contributed by atoms with Gasteiger partial charge < -0.3 is 14.6 Å². The minimum atomic E-state index is -0.706. The maximum absolute atomic E-state index is 14.3. The van der Waals surface area contributed by atoms with Crippen molar-refractivity contribution in [2.75, 3.05) is 6.61 Å². The number of hydrogen-bond donors (Lipinski definition) is 1. The van der Waals surface area contributed by atoms with Crippen molar-refractivity contribution in [3.8, 4) is 5.75 Å². The highest BCUT2D eigenvalue weighted by atomic mass is 19.1. The summed E-state index contributed by atoms with van der Waals surface area (Å²) in [6.07, 6.45) is 3.36. The molecule has 1 unspecified atom stereocenters. The van der Waals surface area contributed by atoms with E-state index in [1.807, 2.05) is 32.0 Å². The number of nitrogens with one attached hydrogen (secondary N) is 1. The lowest BCUT2D eigenvalue weighted by molar-refractivity contribution is -0.123. The third kappa shape index (κ3) is 4.34. The van der Waals surface area contributed by atoms with Crippen molar-refractivity contribution in [1.82, 2.24) is 14.9 Å². The van der Waals surface area contributed by atoms with E-state index in [0.717, 1.165) is 11.1 Å². The van der Waals surface area contributed by atoms with Crippen LogP contribution in [0.2, 0.25) is 0 Å². The zero-order valence-electron chi connectivity index (χ0n) is 15.6. The second-order valence-electron chi connectivity index (χ2n) is 6.45. The van der Waals surface area contributed by atoms with Crippen LogP contribution in [0.5, 0.6) is 5.75 Å². The maximum atomic E-state index is 14.3. The highest BCUT2D eigenvalue weighted by molar-refractivity contribution is 5.78. The van der Waals surface area contributed by atoms with Gasteiger partial charge in [-0.25, -0.2) is 9.37 Å². The van der Waals surface area contributed by atoms with Gasteiger partial charge in [-0.05, 0) is 43.2 Å². The lowest BCUT2D eigenvalue weighted by Gasteiger charge is -2.20. The summed E-state index contributed by atoms with van der Waals surface area (Å²) in [4.78, 5) is 16.7. The molecule has 0 saturated heterocycles. The molecule has 0 radical (unpaired) electrons. The highest BCUT2D eigenvalue weighted by Gasteiger charge is 2.23. The van der Waals surface area contributed by atoms with Gasteiger partial charge >= 0.3 is 0 Å². The van der Waals surface area contributed by atoms with Gasteiger partial charge in [-0.3, -0.25) is 4.79 Å². The molecule has 0 fully saturated rings. The van der Waals surface area contributed by atoms with Gasteiger partial charge in [0, 0.05) is 25.0 Å². The van der Waals surface area contributed by atoms with Crippen molar-refractivity contribution in [1.29, 1.82) is 0 Å². The fourth-order valence-electron chi connectivity index (χ4n) is 2.80. The number of ether oxygens (including phenoxy) is 1. The SMILES string of the molecule is Cc1ccc(OCC(=O)NC(c2ccccc2F)c2nccn2C)cc1C. The molecule has 27 heavy (non-hydrogen) atoms. The number of benzene rings is 2. The standard InChI is InChI=1S/C21H22FN3O2/c1-14-8-9-16(12-15(14)2)27-13-19(26)24-20(21-23-10-11-25(21)3)17-6-4-5-7-18(17)22/h4-12,20H,13H2,1-3H3,(H,24,26). The number of aromatic nitrogens is 2. The van der Waals surface area contributed by atoms with Crippen LogP contribution >= 0.6 is 0 Å². The minimum Gasteiger partial charge on any atom is -0.484 e. The Hall–Kier alpha value is -3.15. The molecule has 0 aliphatic heterocycles. The summed E-state index contributed by atoms with van der Waals surface area (Å²) in [5.74, 6) is 0.401. The summed E-state index contributed by atoms with van der Waals surface area (Å²) in [6.45, 7) is 3.83. The predicted octanol–water partition coefficient (Wildman–Crippen LogP) is 3.46. The average Bonchev–Trinajstić information content (AvgIpc) is 3.07. The quantitative estimate of drug-likeness (QED) is 0.726. The van der Waals surface area contributed by atoms with E-state index in [-0.39, 0.29) is 12.5 Å². The Bertz CT molecular complexity index is 952. The molecule has 0 spiro atoms. The number of carbonyl (C=O) groups is 1. The Labute approximate surface area is 157 Å². The first-order valence-corrected chi connectivity index (χ1v) is 8.67. The van der Waals surface area contributed by atoms with Crippen LogP contribution in [0.15, 0.2) is 54.9 Å². The Morgan fingerprint density at radius 3 is 2.67 bits per heavy atom. The van der Waals surface area contributed by atoms with Crippen LogP contribution in [0.1, 0.15) is 28.6 Å². The summed E-state index contributed by atoms with van der Waals surface area (Å²) in [6, 6.07) is 11.3. The Kier molecular flexibility index (Phi) is 5.54. The number of imidazole rings is 1. The molecule has 0 aliphatic carbocycles. The smallest absolute Gasteiger partial charge is 0.258 e. The number of hydrogen-bond acceptors (Lipinski definition) is 3. The van der Waals surface area contributed by atoms with Crippen LogP contribution in [0.3, 0.4) is 0 Å². The Morgan fingerprint density at radius 2 is 2.00 bits per heavy atom. The van der Waals surface area contributed by atoms with E-state index in [4.69, 9.17) is 4.74 Å². The van der Waals surface area contributed by atoms with Crippen molar-refractivity contribution >= 4 is 5.91 Å². The largest absolute Gasteiger partial charge is 0.484 e. The topological polar surface area (TPSA) is 56.1 Å². The number of rotatable bonds is 6. The van der Waals surface area contributed by atoms with Crippen molar-refractivity contribution in [2.24, 2.45) is 7.05 Å². The van der Waals surface area contributed by atoms with E-state index in [9.17, 15) is 9.18 Å². The first-order chi connectivity index (χ1) is 13.0. The van der Waals surface area contributed by atoms with Gasteiger partial charge in [0.15, 0.2) is 6.61 Å². The Balaban J connectivity index is 1.76. The molecule has 6 heteroatoms. The maximum Gasteiger partial charge on any atom is 0.258 e. The van der Waals surface area contributed by atoms with Gasteiger partial charge in [0.05, 0.1) is 0 Å². The summed E-state index contributed by atoms with van der Waals surface area (Å²) in [7, 11) is 1.80. The minimum absolute atomic E-state index is 0.169. The van der Waals surface area contributed by atoms with E-state index in [1.165, 1.54) is 6.07 Å². The molecule has 0 bridgehead atoms. The van der Waals surface area contributed by atoms with Gasteiger partial charge in [-0.1, -0.05) is 24.3 Å². The summed E-state index contributed by atoms with van der Waals surface area (Å²) in [5.41, 5.74) is 2.60. The summed E-state index contributed by atoms with van der Waals surface area (Å²) >= 11 is 0. The van der Waals surface area contributed by atoms with E-state index < -0.39 is 11.9 Å². The molecule has 0 aliphatic rings. The van der Waals surface area contributed by atoms with E-state index in [0.29, 0.717) is 17.1 Å². The number of nitrogens with zero attached hydrogens (tertiary/aromatic N) is 2. The van der Waals surface area contributed by atoms with E-state index in [1.54, 1.807) is 42.2 Å². The van der Waals surface area contributed by atoms with Crippen molar-refractivity contribution in [2.45, 2.75) is 19.9 Å². The monoisotopic (exact) mass is 367 g/mol. The fourth-order valence-corrected chi connectivity index (χ4v) is 2.80. The number of amides is 1. The average molecular weight is 367 g/mol. The zero-order valence-corrected chi connectivity index (χ0v) is 15.6. The molecule has 1 atom stereocenters. The van der Waals surface area contributed by atoms with Gasteiger partial charge in [0.2, 0.25) is 0 Å². The molecule has 1 aromatic heterocycles. The van der Waals surface area contributed by atoms with Crippen molar-refractivity contribution in [3.63, 3.8) is 0 Å². The molecule has 5 nitrogen and oxygen atoms in total. The molecule has 3 rings (SSSR count). The molecular formula is C21H22FN3O2. The predicted molar refractivity (Wildman–Crippen MR) is 101 cm³/mol. The number of aryl methyl sites for hydroxylation is 3. The molecule has 1 N–H and O–H groups in total. The normalized spacial score (nSPS) is 11.9. The van der Waals surface area contributed by atoms with Gasteiger partial charge in [0.1, 0.15) is 23.4 Å². The summed E-state index contributed by atoms with van der Waals surface area (Å²) < 4.78 is 21.7. The second-order valence-corrected chi connectivity index (χ2v) is 6.45. The van der Waals surface area contributed by atoms with E-state index >= 15 is 0 Å². The number of carbonyl (C=O) groups excluding carboxylic acids is 1. The van der Waals surface area contributed by atoms with Crippen LogP contribution in [-0.4, -0.2) is 22.1 Å². The van der Waals surface area contributed by atoms with E-state index in [2.05, 4.69) is 10.3 Å². The first kappa shape index (κ1) is 18.6. The molecule has 2 aromatic carbocycles. The molecule has 1 heterocycles. The Morgan fingerprint density at radius 1 is 1.22 bits per heavy atom. The van der Waals surface area contributed by atoms with Crippen molar-refractivity contribution in [3.05, 3.63) is 83.2 Å². The van der Waals surface area contributed by atoms with Gasteiger partial charge in [-0.2, -0.15) is 0 Å². The summed E-state index contributed by atoms with van der Waals surface area (Å²) in [5, 5.41) is 2.83. The lowest BCUT2D eigenvalue weighted by Crippen LogP contribution is -2.35. The third-order valence-electron chi connectivity index (χ3n) is 4.49. The van der Waals surface area contributed by atoms with Crippen LogP contribution < -0.4 is 10.1 Å². The molecule has 140 valence electrons. The third-order valence-corrected chi connectivity index (χ3v) is 4.49. The zero-order chi connectivity index (χ0) is 19.4. The molecule has 0 saturated carbocycles. The van der Waals surface area contributed by atoms with Gasteiger partial charge in [-0.15, -0.1) is 0 Å². The second kappa shape index (κ2) is 8.03. The first-order valence-electron chi connectivity index (χ1n) is 8.67.